The van der Waals surface area contributed by atoms with E-state index < -0.39 is 27.9 Å². The number of nitrogens with zero attached hydrogens (tertiary/aromatic N) is 1. The van der Waals surface area contributed by atoms with Crippen molar-refractivity contribution in [1.29, 1.82) is 0 Å². The number of thiocarbonyl (C=S) groups is 1. The molecule has 0 aromatic heterocycles. The Bertz CT molecular complexity index is 494. The van der Waals surface area contributed by atoms with E-state index in [4.69, 9.17) is 5.73 Å². The van der Waals surface area contributed by atoms with Gasteiger partial charge in [0.25, 0.3) is 11.6 Å². The summed E-state index contributed by atoms with van der Waals surface area (Å²) in [5.41, 5.74) is 8.18. The Morgan fingerprint density at radius 3 is 2.65 bits per heavy atom. The van der Waals surface area contributed by atoms with E-state index in [9.17, 15) is 19.3 Å². The number of halogens is 1. The van der Waals surface area contributed by atoms with E-state index in [1.165, 1.54) is 0 Å². The van der Waals surface area contributed by atoms with Gasteiger partial charge in [0.15, 0.2) is 5.11 Å². The molecule has 0 heterocycles. The number of hydrazine groups is 1. The molecule has 1 amide bonds. The predicted octanol–water partition coefficient (Wildman–Crippen LogP) is 0.212. The molecule has 0 atom stereocenters. The highest BCUT2D eigenvalue weighted by molar-refractivity contribution is 7.80. The van der Waals surface area contributed by atoms with Gasteiger partial charge in [0.1, 0.15) is 11.4 Å². The van der Waals surface area contributed by atoms with Crippen molar-refractivity contribution < 1.29 is 14.1 Å². The molecule has 0 saturated carbocycles. The van der Waals surface area contributed by atoms with Crippen molar-refractivity contribution in [2.75, 3.05) is 0 Å². The Kier molecular flexibility index (Phi) is 3.88. The highest BCUT2D eigenvalue weighted by atomic mass is 32.1. The molecule has 9 heteroatoms. The molecule has 0 aliphatic carbocycles. The Labute approximate surface area is 99.9 Å². The third-order valence-corrected chi connectivity index (χ3v) is 1.80. The number of hydrogen-bond donors (Lipinski definition) is 3. The molecule has 0 aliphatic heterocycles. The maximum Gasteiger partial charge on any atom is 0.282 e. The fourth-order valence-electron chi connectivity index (χ4n) is 1.04. The van der Waals surface area contributed by atoms with Crippen LogP contribution in [0.2, 0.25) is 0 Å². The predicted molar refractivity (Wildman–Crippen MR) is 60.4 cm³/mol. The molecule has 4 N–H and O–H groups in total. The Hall–Kier alpha value is -2.29. The van der Waals surface area contributed by atoms with E-state index in [0.717, 1.165) is 18.2 Å². The summed E-state index contributed by atoms with van der Waals surface area (Å²) in [6, 6.07) is 2.52. The number of nitrogens with one attached hydrogen (secondary N) is 2. The van der Waals surface area contributed by atoms with Crippen LogP contribution in [0.1, 0.15) is 10.4 Å². The number of hydrogen-bond acceptors (Lipinski definition) is 4. The summed E-state index contributed by atoms with van der Waals surface area (Å²) in [6.45, 7) is 0. The standard InChI is InChI=1S/C8H7FN4O3S/c9-4-1-2-6(13(15)16)5(3-4)7(14)11-12-8(10)17/h1-3H,(H,11,14)(H3,10,12,17). The zero-order valence-electron chi connectivity index (χ0n) is 8.27. The molecule has 1 rings (SSSR count). The minimum absolute atomic E-state index is 0.225. The molecule has 7 nitrogen and oxygen atoms in total. The second-order valence-corrected chi connectivity index (χ2v) is 3.30. The van der Waals surface area contributed by atoms with Gasteiger partial charge < -0.3 is 5.73 Å². The van der Waals surface area contributed by atoms with Crippen LogP contribution in [0.4, 0.5) is 10.1 Å². The maximum absolute atomic E-state index is 12.9. The third kappa shape index (κ3) is 3.34. The van der Waals surface area contributed by atoms with Crippen molar-refractivity contribution >= 4 is 28.9 Å². The fraction of sp³-hybridized carbons (Fsp3) is 0. The summed E-state index contributed by atoms with van der Waals surface area (Å²) in [4.78, 5) is 21.3. The Morgan fingerprint density at radius 1 is 1.47 bits per heavy atom. The summed E-state index contributed by atoms with van der Waals surface area (Å²) >= 11 is 4.42. The SMILES string of the molecule is NC(=S)NNC(=O)c1cc(F)ccc1[N+](=O)[O-]. The molecule has 0 fully saturated rings. The van der Waals surface area contributed by atoms with Gasteiger partial charge in [-0.05, 0) is 24.4 Å². The van der Waals surface area contributed by atoms with Crippen LogP contribution in [-0.2, 0) is 0 Å². The van der Waals surface area contributed by atoms with Gasteiger partial charge in [-0.25, -0.2) is 4.39 Å². The molecule has 0 radical (unpaired) electrons. The van der Waals surface area contributed by atoms with Gasteiger partial charge in [0.05, 0.1) is 4.92 Å². The van der Waals surface area contributed by atoms with Crippen LogP contribution in [0.3, 0.4) is 0 Å². The molecule has 0 aliphatic rings. The molecule has 17 heavy (non-hydrogen) atoms. The summed E-state index contributed by atoms with van der Waals surface area (Å²) in [5.74, 6) is -1.68. The second kappa shape index (κ2) is 5.16. The van der Waals surface area contributed by atoms with Gasteiger partial charge in [-0.15, -0.1) is 0 Å². The lowest BCUT2D eigenvalue weighted by atomic mass is 10.1. The van der Waals surface area contributed by atoms with Crippen LogP contribution in [0, 0.1) is 15.9 Å². The van der Waals surface area contributed by atoms with Gasteiger partial charge in [0.2, 0.25) is 0 Å². The van der Waals surface area contributed by atoms with Crippen LogP contribution in [0.5, 0.6) is 0 Å². The number of rotatable bonds is 2. The largest absolute Gasteiger partial charge is 0.375 e. The highest BCUT2D eigenvalue weighted by Crippen LogP contribution is 2.18. The van der Waals surface area contributed by atoms with Gasteiger partial charge >= 0.3 is 0 Å². The first kappa shape index (κ1) is 12.8. The third-order valence-electron chi connectivity index (χ3n) is 1.70. The van der Waals surface area contributed by atoms with Gasteiger partial charge in [0, 0.05) is 6.07 Å². The lowest BCUT2D eigenvalue weighted by Gasteiger charge is -2.06. The highest BCUT2D eigenvalue weighted by Gasteiger charge is 2.20. The molecule has 90 valence electrons. The monoisotopic (exact) mass is 258 g/mol. The summed E-state index contributed by atoms with van der Waals surface area (Å²) in [6.07, 6.45) is 0. The van der Waals surface area contributed by atoms with Crippen LogP contribution >= 0.6 is 12.2 Å². The van der Waals surface area contributed by atoms with Crippen LogP contribution in [-0.4, -0.2) is 15.9 Å². The lowest BCUT2D eigenvalue weighted by Crippen LogP contribution is -2.44. The molecular weight excluding hydrogens is 251 g/mol. The van der Waals surface area contributed by atoms with E-state index in [1.54, 1.807) is 0 Å². The van der Waals surface area contributed by atoms with Gasteiger partial charge in [-0.2, -0.15) is 0 Å². The van der Waals surface area contributed by atoms with Crippen molar-refractivity contribution in [2.24, 2.45) is 5.73 Å². The zero-order valence-corrected chi connectivity index (χ0v) is 9.08. The minimum Gasteiger partial charge on any atom is -0.375 e. The first-order valence-corrected chi connectivity index (χ1v) is 4.62. The van der Waals surface area contributed by atoms with Crippen molar-refractivity contribution in [1.82, 2.24) is 10.9 Å². The molecule has 0 spiro atoms. The summed E-state index contributed by atoms with van der Waals surface area (Å²) < 4.78 is 12.9. The molecule has 0 bridgehead atoms. The van der Waals surface area contributed by atoms with Gasteiger partial charge in [-0.1, -0.05) is 0 Å². The van der Waals surface area contributed by atoms with Crippen molar-refractivity contribution in [3.63, 3.8) is 0 Å². The number of benzene rings is 1. The van der Waals surface area contributed by atoms with Crippen LogP contribution in [0.15, 0.2) is 18.2 Å². The van der Waals surface area contributed by atoms with E-state index in [2.05, 4.69) is 17.6 Å². The fourth-order valence-corrected chi connectivity index (χ4v) is 1.09. The Morgan fingerprint density at radius 2 is 2.12 bits per heavy atom. The van der Waals surface area contributed by atoms with Crippen molar-refractivity contribution in [2.45, 2.75) is 0 Å². The first-order valence-electron chi connectivity index (χ1n) is 4.21. The molecule has 1 aromatic rings. The first-order chi connectivity index (χ1) is 7.91. The average Bonchev–Trinajstić information content (AvgIpc) is 2.25. The Balaban J connectivity index is 3.02. The van der Waals surface area contributed by atoms with Crippen molar-refractivity contribution in [3.8, 4) is 0 Å². The second-order valence-electron chi connectivity index (χ2n) is 2.86. The molecule has 1 aromatic carbocycles. The minimum atomic E-state index is -0.913. The average molecular weight is 258 g/mol. The number of nitrogens with two attached hydrogens (primary N) is 1. The number of carbonyl (C=O) groups excluding carboxylic acids is 1. The normalized spacial score (nSPS) is 9.47. The van der Waals surface area contributed by atoms with Gasteiger partial charge in [-0.3, -0.25) is 25.8 Å². The summed E-state index contributed by atoms with van der Waals surface area (Å²) in [7, 11) is 0. The molecule has 0 saturated heterocycles. The number of nitro groups is 1. The van der Waals surface area contributed by atoms with Crippen molar-refractivity contribution in [3.05, 3.63) is 39.7 Å². The number of amides is 1. The molecule has 0 unspecified atom stereocenters. The smallest absolute Gasteiger partial charge is 0.282 e. The quantitative estimate of drug-likeness (QED) is 0.397. The number of nitro benzene ring substituents is 1. The van der Waals surface area contributed by atoms with E-state index >= 15 is 0 Å². The van der Waals surface area contributed by atoms with E-state index in [-0.39, 0.29) is 5.11 Å². The number of carbonyl (C=O) groups is 1. The molecular formula is C8H7FN4O3S. The van der Waals surface area contributed by atoms with Crippen LogP contribution < -0.4 is 16.6 Å². The lowest BCUT2D eigenvalue weighted by molar-refractivity contribution is -0.385. The van der Waals surface area contributed by atoms with E-state index in [1.807, 2.05) is 5.43 Å². The zero-order chi connectivity index (χ0) is 13.0. The topological polar surface area (TPSA) is 110 Å². The van der Waals surface area contributed by atoms with Crippen LogP contribution in [0.25, 0.3) is 0 Å². The van der Waals surface area contributed by atoms with E-state index in [0.29, 0.717) is 0 Å². The summed E-state index contributed by atoms with van der Waals surface area (Å²) in [5, 5.41) is 10.4. The maximum atomic E-state index is 12.9.